The summed E-state index contributed by atoms with van der Waals surface area (Å²) in [6, 6.07) is 7.68. The maximum Gasteiger partial charge on any atom is 0.253 e. The largest absolute Gasteiger partial charge is 0.345 e. The Morgan fingerprint density at radius 3 is 2.47 bits per heavy atom. The Bertz CT molecular complexity index is 597. The number of thiophene rings is 1. The molecule has 0 radical (unpaired) electrons. The molecular weight excluding hydrogens is 397 g/mol. The molecule has 1 atom stereocenters. The summed E-state index contributed by atoms with van der Waals surface area (Å²) in [5.41, 5.74) is 1.45. The monoisotopic (exact) mass is 405 g/mol. The number of hydrogen-bond donors (Lipinski definition) is 1. The minimum atomic E-state index is -0.285. The van der Waals surface area contributed by atoms with Crippen LogP contribution in [0.2, 0.25) is 0 Å². The summed E-state index contributed by atoms with van der Waals surface area (Å²) in [6.45, 7) is 1.86. The maximum absolute atomic E-state index is 12.8. The van der Waals surface area contributed by atoms with Crippen molar-refractivity contribution < 1.29 is 9.18 Å². The standard InChI is InChI=1S/C13H10Br2FNOS/c1-7(8-2-4-9(16)5-3-8)17-13(18)10-6-11(14)19-12(10)15/h2-7H,1H3,(H,17,18). The van der Waals surface area contributed by atoms with Gasteiger partial charge in [-0.15, -0.1) is 11.3 Å². The lowest BCUT2D eigenvalue weighted by molar-refractivity contribution is 0.0939. The van der Waals surface area contributed by atoms with Crippen LogP contribution in [0.25, 0.3) is 0 Å². The summed E-state index contributed by atoms with van der Waals surface area (Å²) < 4.78 is 14.5. The second kappa shape index (κ2) is 6.15. The van der Waals surface area contributed by atoms with Gasteiger partial charge in [0.05, 0.1) is 19.2 Å². The molecule has 1 unspecified atom stereocenters. The van der Waals surface area contributed by atoms with E-state index < -0.39 is 0 Å². The van der Waals surface area contributed by atoms with Gasteiger partial charge >= 0.3 is 0 Å². The zero-order valence-electron chi connectivity index (χ0n) is 9.91. The lowest BCUT2D eigenvalue weighted by atomic mass is 10.1. The Morgan fingerprint density at radius 2 is 1.95 bits per heavy atom. The number of carbonyl (C=O) groups is 1. The van der Waals surface area contributed by atoms with Gasteiger partial charge in [0.15, 0.2) is 0 Å². The first-order valence-corrected chi connectivity index (χ1v) is 7.89. The normalized spacial score (nSPS) is 12.2. The van der Waals surface area contributed by atoms with Crippen molar-refractivity contribution in [2.45, 2.75) is 13.0 Å². The van der Waals surface area contributed by atoms with Crippen molar-refractivity contribution in [2.24, 2.45) is 0 Å². The fourth-order valence-electron chi connectivity index (χ4n) is 1.60. The zero-order valence-corrected chi connectivity index (χ0v) is 13.9. The van der Waals surface area contributed by atoms with Crippen molar-refractivity contribution in [3.05, 3.63) is 54.8 Å². The molecule has 2 aromatic rings. The molecule has 0 aliphatic heterocycles. The van der Waals surface area contributed by atoms with Crippen molar-refractivity contribution in [3.8, 4) is 0 Å². The highest BCUT2D eigenvalue weighted by Gasteiger charge is 2.16. The van der Waals surface area contributed by atoms with E-state index in [1.54, 1.807) is 18.2 Å². The van der Waals surface area contributed by atoms with Gasteiger partial charge in [-0.1, -0.05) is 12.1 Å². The van der Waals surface area contributed by atoms with Crippen LogP contribution in [0.15, 0.2) is 37.9 Å². The third-order valence-electron chi connectivity index (χ3n) is 2.62. The highest BCUT2D eigenvalue weighted by Crippen LogP contribution is 2.32. The molecule has 6 heteroatoms. The Morgan fingerprint density at radius 1 is 1.32 bits per heavy atom. The second-order valence-electron chi connectivity index (χ2n) is 3.98. The highest BCUT2D eigenvalue weighted by atomic mass is 79.9. The Balaban J connectivity index is 2.10. The van der Waals surface area contributed by atoms with Gasteiger partial charge in [0.2, 0.25) is 0 Å². The van der Waals surface area contributed by atoms with Gasteiger partial charge in [-0.05, 0) is 62.5 Å². The van der Waals surface area contributed by atoms with Crippen LogP contribution < -0.4 is 5.32 Å². The summed E-state index contributed by atoms with van der Waals surface area (Å²) in [4.78, 5) is 12.1. The number of hydrogen-bond acceptors (Lipinski definition) is 2. The number of rotatable bonds is 3. The lowest BCUT2D eigenvalue weighted by Crippen LogP contribution is -2.26. The smallest absolute Gasteiger partial charge is 0.253 e. The zero-order chi connectivity index (χ0) is 14.0. The van der Waals surface area contributed by atoms with E-state index in [4.69, 9.17) is 0 Å². The Kier molecular flexibility index (Phi) is 4.76. The predicted molar refractivity (Wildman–Crippen MR) is 82.0 cm³/mol. The van der Waals surface area contributed by atoms with E-state index in [1.165, 1.54) is 23.5 Å². The number of benzene rings is 1. The minimum absolute atomic E-state index is 0.161. The fraction of sp³-hybridized carbons (Fsp3) is 0.154. The van der Waals surface area contributed by atoms with Crippen LogP contribution in [-0.4, -0.2) is 5.91 Å². The molecule has 1 amide bonds. The molecule has 19 heavy (non-hydrogen) atoms. The van der Waals surface area contributed by atoms with E-state index in [-0.39, 0.29) is 17.8 Å². The van der Waals surface area contributed by atoms with Gasteiger partial charge in [0.25, 0.3) is 5.91 Å². The molecule has 0 saturated heterocycles. The summed E-state index contributed by atoms with van der Waals surface area (Å²) in [5, 5.41) is 2.88. The molecule has 0 saturated carbocycles. The van der Waals surface area contributed by atoms with Gasteiger partial charge < -0.3 is 5.32 Å². The van der Waals surface area contributed by atoms with Crippen LogP contribution in [0.3, 0.4) is 0 Å². The van der Waals surface area contributed by atoms with E-state index in [1.807, 2.05) is 6.92 Å². The van der Waals surface area contributed by atoms with Crippen LogP contribution >= 0.6 is 43.2 Å². The maximum atomic E-state index is 12.8. The van der Waals surface area contributed by atoms with E-state index >= 15 is 0 Å². The first-order valence-electron chi connectivity index (χ1n) is 5.48. The van der Waals surface area contributed by atoms with Gasteiger partial charge in [-0.2, -0.15) is 0 Å². The number of nitrogens with one attached hydrogen (secondary N) is 1. The van der Waals surface area contributed by atoms with Crippen LogP contribution in [0.4, 0.5) is 4.39 Å². The van der Waals surface area contributed by atoms with Crippen LogP contribution in [-0.2, 0) is 0 Å². The van der Waals surface area contributed by atoms with Crippen molar-refractivity contribution in [1.82, 2.24) is 5.32 Å². The molecule has 0 bridgehead atoms. The molecule has 2 nitrogen and oxygen atoms in total. The van der Waals surface area contributed by atoms with Crippen LogP contribution in [0, 0.1) is 5.82 Å². The molecule has 1 N–H and O–H groups in total. The SMILES string of the molecule is CC(NC(=O)c1cc(Br)sc1Br)c1ccc(F)cc1. The Labute approximate surface area is 131 Å². The third kappa shape index (κ3) is 3.64. The first kappa shape index (κ1) is 14.7. The molecule has 2 rings (SSSR count). The minimum Gasteiger partial charge on any atom is -0.345 e. The van der Waals surface area contributed by atoms with E-state index in [0.29, 0.717) is 5.56 Å². The molecule has 1 aromatic heterocycles. The molecule has 100 valence electrons. The summed E-state index contributed by atoms with van der Waals surface area (Å²) in [5.74, 6) is -0.447. The summed E-state index contributed by atoms with van der Waals surface area (Å²) in [7, 11) is 0. The average molecular weight is 407 g/mol. The number of halogens is 3. The quantitative estimate of drug-likeness (QED) is 0.771. The highest BCUT2D eigenvalue weighted by molar-refractivity contribution is 9.12. The van der Waals surface area contributed by atoms with Crippen molar-refractivity contribution in [1.29, 1.82) is 0 Å². The van der Waals surface area contributed by atoms with Crippen molar-refractivity contribution in [3.63, 3.8) is 0 Å². The topological polar surface area (TPSA) is 29.1 Å². The van der Waals surface area contributed by atoms with E-state index in [2.05, 4.69) is 37.2 Å². The molecular formula is C13H10Br2FNOS. The number of carbonyl (C=O) groups excluding carboxylic acids is 1. The molecule has 1 aromatic carbocycles. The van der Waals surface area contributed by atoms with Crippen LogP contribution in [0.5, 0.6) is 0 Å². The van der Waals surface area contributed by atoms with Crippen LogP contribution in [0.1, 0.15) is 28.9 Å². The summed E-state index contributed by atoms with van der Waals surface area (Å²) >= 11 is 8.13. The first-order chi connectivity index (χ1) is 8.97. The third-order valence-corrected chi connectivity index (χ3v) is 4.96. The molecule has 0 spiro atoms. The van der Waals surface area contributed by atoms with E-state index in [9.17, 15) is 9.18 Å². The molecule has 0 aliphatic carbocycles. The molecule has 0 aliphatic rings. The average Bonchev–Trinajstić information content (AvgIpc) is 2.69. The van der Waals surface area contributed by atoms with Crippen molar-refractivity contribution >= 4 is 49.1 Å². The second-order valence-corrected chi connectivity index (χ2v) is 7.73. The molecule has 1 heterocycles. The van der Waals surface area contributed by atoms with Crippen molar-refractivity contribution in [2.75, 3.05) is 0 Å². The number of amides is 1. The summed E-state index contributed by atoms with van der Waals surface area (Å²) in [6.07, 6.45) is 0. The lowest BCUT2D eigenvalue weighted by Gasteiger charge is -2.14. The Hall–Kier alpha value is -0.720. The van der Waals surface area contributed by atoms with Gasteiger partial charge in [0.1, 0.15) is 5.82 Å². The van der Waals surface area contributed by atoms with Gasteiger partial charge in [0, 0.05) is 0 Å². The van der Waals surface area contributed by atoms with E-state index in [0.717, 1.165) is 13.1 Å². The fourth-order valence-corrected chi connectivity index (χ4v) is 4.40. The molecule has 0 fully saturated rings. The predicted octanol–water partition coefficient (Wildman–Crippen LogP) is 4.90. The van der Waals surface area contributed by atoms with Gasteiger partial charge in [-0.25, -0.2) is 4.39 Å². The van der Waals surface area contributed by atoms with Gasteiger partial charge in [-0.3, -0.25) is 4.79 Å².